The maximum absolute atomic E-state index is 9.80. The fraction of sp³-hybridized carbons (Fsp3) is 1.00. The minimum Gasteiger partial charge on any atom is -0.394 e. The third-order valence-corrected chi connectivity index (χ3v) is 3.78. The van der Waals surface area contributed by atoms with Crippen molar-refractivity contribution in [2.24, 2.45) is 0 Å². The summed E-state index contributed by atoms with van der Waals surface area (Å²) in [6.45, 7) is -1.09. The smallest absolute Gasteiger partial charge is 0.126 e. The van der Waals surface area contributed by atoms with Crippen LogP contribution in [0.4, 0.5) is 0 Å². The van der Waals surface area contributed by atoms with Gasteiger partial charge in [-0.15, -0.1) is 0 Å². The van der Waals surface area contributed by atoms with Crippen LogP contribution in [0.5, 0.6) is 0 Å². The van der Waals surface area contributed by atoms with Crippen LogP contribution in [-0.2, 0) is 0 Å². The summed E-state index contributed by atoms with van der Waals surface area (Å²) < 4.78 is -0.0482. The van der Waals surface area contributed by atoms with E-state index in [1.54, 1.807) is 0 Å². The van der Waals surface area contributed by atoms with Crippen LogP contribution in [0.2, 0.25) is 0 Å². The van der Waals surface area contributed by atoms with E-state index in [-0.39, 0.29) is 37.3 Å². The molecule has 10 heteroatoms. The molecule has 146 valence electrons. The van der Waals surface area contributed by atoms with Gasteiger partial charge in [0, 0.05) is 13.1 Å². The Bertz CT molecular complexity index is 279. The molecule has 0 saturated carbocycles. The van der Waals surface area contributed by atoms with E-state index in [0.717, 1.165) is 0 Å². The van der Waals surface area contributed by atoms with E-state index in [9.17, 15) is 20.4 Å². The first kappa shape index (κ1) is 23.6. The molecule has 0 aliphatic carbocycles. The van der Waals surface area contributed by atoms with Gasteiger partial charge in [-0.25, -0.2) is 0 Å². The highest BCUT2D eigenvalue weighted by atomic mass is 16.3. The Morgan fingerprint density at radius 3 is 1.33 bits per heavy atom. The second kappa shape index (κ2) is 12.9. The van der Waals surface area contributed by atoms with Gasteiger partial charge in [0.2, 0.25) is 0 Å². The molecular weight excluding hydrogens is 324 g/mol. The first-order valence-electron chi connectivity index (χ1n) is 8.04. The molecule has 0 aromatic carbocycles. The van der Waals surface area contributed by atoms with Gasteiger partial charge >= 0.3 is 0 Å². The lowest BCUT2D eigenvalue weighted by molar-refractivity contribution is -0.935. The van der Waals surface area contributed by atoms with Crippen LogP contribution >= 0.6 is 0 Å². The highest BCUT2D eigenvalue weighted by molar-refractivity contribution is 4.65. The Labute approximate surface area is 141 Å². The SMILES string of the molecule is OCC(O)CNCC[N+](CC(O)CO)(CC(O)CO)CC(O)CO. The van der Waals surface area contributed by atoms with Gasteiger partial charge in [-0.2, -0.15) is 0 Å². The van der Waals surface area contributed by atoms with Crippen LogP contribution in [-0.4, -0.2) is 135 Å². The van der Waals surface area contributed by atoms with Crippen LogP contribution in [0, 0.1) is 0 Å². The quantitative estimate of drug-likeness (QED) is 0.102. The molecule has 0 spiro atoms. The number of aliphatic hydroxyl groups excluding tert-OH is 8. The van der Waals surface area contributed by atoms with Crippen molar-refractivity contribution in [2.45, 2.75) is 24.4 Å². The monoisotopic (exact) mass is 357 g/mol. The van der Waals surface area contributed by atoms with Gasteiger partial charge in [-0.1, -0.05) is 0 Å². The molecule has 10 nitrogen and oxygen atoms in total. The summed E-state index contributed by atoms with van der Waals surface area (Å²) in [5.41, 5.74) is 0. The molecule has 4 unspecified atom stereocenters. The number of rotatable bonds is 15. The Kier molecular flexibility index (Phi) is 12.7. The van der Waals surface area contributed by atoms with Crippen molar-refractivity contribution in [1.29, 1.82) is 0 Å². The second-order valence-corrected chi connectivity index (χ2v) is 6.16. The van der Waals surface area contributed by atoms with Crippen molar-refractivity contribution >= 4 is 0 Å². The van der Waals surface area contributed by atoms with E-state index in [0.29, 0.717) is 13.1 Å². The van der Waals surface area contributed by atoms with E-state index < -0.39 is 44.2 Å². The van der Waals surface area contributed by atoms with E-state index in [1.165, 1.54) is 0 Å². The van der Waals surface area contributed by atoms with Gasteiger partial charge in [0.25, 0.3) is 0 Å². The molecule has 0 saturated heterocycles. The Hall–Kier alpha value is -0.400. The Morgan fingerprint density at radius 1 is 0.625 bits per heavy atom. The zero-order chi connectivity index (χ0) is 18.6. The molecule has 4 atom stereocenters. The highest BCUT2D eigenvalue weighted by Gasteiger charge is 2.34. The summed E-state index contributed by atoms with van der Waals surface area (Å²) in [5, 5.41) is 77.7. The van der Waals surface area contributed by atoms with Crippen molar-refractivity contribution in [3.8, 4) is 0 Å². The van der Waals surface area contributed by atoms with Crippen molar-refractivity contribution in [3.05, 3.63) is 0 Å². The van der Waals surface area contributed by atoms with Gasteiger partial charge in [-0.05, 0) is 0 Å². The largest absolute Gasteiger partial charge is 0.394 e. The van der Waals surface area contributed by atoms with Crippen molar-refractivity contribution in [2.75, 3.05) is 65.7 Å². The molecule has 0 amide bonds. The normalized spacial score (nSPS) is 19.5. The summed E-state index contributed by atoms with van der Waals surface area (Å²) in [7, 11) is 0. The minimum absolute atomic E-state index is 0.00878. The van der Waals surface area contributed by atoms with E-state index >= 15 is 0 Å². The lowest BCUT2D eigenvalue weighted by Gasteiger charge is -2.42. The summed E-state index contributed by atoms with van der Waals surface area (Å²) in [5.74, 6) is 0. The second-order valence-electron chi connectivity index (χ2n) is 6.16. The van der Waals surface area contributed by atoms with E-state index in [2.05, 4.69) is 5.32 Å². The number of hydrogen-bond donors (Lipinski definition) is 9. The number of aliphatic hydroxyl groups is 8. The van der Waals surface area contributed by atoms with Crippen LogP contribution in [0.15, 0.2) is 0 Å². The Morgan fingerprint density at radius 2 is 1.00 bits per heavy atom. The third kappa shape index (κ3) is 9.79. The molecule has 9 N–H and O–H groups in total. The molecule has 0 bridgehead atoms. The van der Waals surface area contributed by atoms with Crippen molar-refractivity contribution in [3.63, 3.8) is 0 Å². The number of quaternary nitrogens is 1. The summed E-state index contributed by atoms with van der Waals surface area (Å²) in [4.78, 5) is 0. The zero-order valence-corrected chi connectivity index (χ0v) is 13.9. The summed E-state index contributed by atoms with van der Waals surface area (Å²) >= 11 is 0. The highest BCUT2D eigenvalue weighted by Crippen LogP contribution is 2.12. The molecule has 0 rings (SSSR count). The maximum atomic E-state index is 9.80. The maximum Gasteiger partial charge on any atom is 0.126 e. The fourth-order valence-corrected chi connectivity index (χ4v) is 2.66. The summed E-state index contributed by atoms with van der Waals surface area (Å²) in [6, 6.07) is 0. The first-order valence-corrected chi connectivity index (χ1v) is 8.04. The van der Waals surface area contributed by atoms with Crippen molar-refractivity contribution in [1.82, 2.24) is 5.32 Å². The van der Waals surface area contributed by atoms with Gasteiger partial charge in [0.15, 0.2) is 0 Å². The molecule has 0 radical (unpaired) electrons. The molecule has 0 aromatic heterocycles. The average molecular weight is 357 g/mol. The van der Waals surface area contributed by atoms with Crippen LogP contribution in [0.25, 0.3) is 0 Å². The fourth-order valence-electron chi connectivity index (χ4n) is 2.66. The van der Waals surface area contributed by atoms with E-state index in [1.807, 2.05) is 0 Å². The lowest BCUT2D eigenvalue weighted by atomic mass is 10.1. The molecule has 0 heterocycles. The molecule has 24 heavy (non-hydrogen) atoms. The predicted molar refractivity (Wildman–Crippen MR) is 85.0 cm³/mol. The standard InChI is InChI=1S/C14H33N2O8/c17-7-11(21)3-15-1-2-16(4-12(22)8-18,5-13(23)9-19)6-14(24)10-20/h11-15,17-24H,1-10H2/q+1. The van der Waals surface area contributed by atoms with Crippen LogP contribution < -0.4 is 5.32 Å². The summed E-state index contributed by atoms with van der Waals surface area (Å²) in [6.07, 6.45) is -4.19. The molecule has 0 aliphatic heterocycles. The van der Waals surface area contributed by atoms with Gasteiger partial charge in [0.05, 0.1) is 39.1 Å². The molecular formula is C14H33N2O8+. The minimum atomic E-state index is -1.09. The number of nitrogens with one attached hydrogen (secondary N) is 1. The molecule has 0 aromatic rings. The van der Waals surface area contributed by atoms with Crippen LogP contribution in [0.3, 0.4) is 0 Å². The van der Waals surface area contributed by atoms with Crippen molar-refractivity contribution < 1.29 is 45.3 Å². The average Bonchev–Trinajstić information content (AvgIpc) is 2.57. The first-order chi connectivity index (χ1) is 11.3. The predicted octanol–water partition coefficient (Wildman–Crippen LogP) is -5.19. The van der Waals surface area contributed by atoms with Gasteiger partial charge in [-0.3, -0.25) is 0 Å². The van der Waals surface area contributed by atoms with Crippen LogP contribution in [0.1, 0.15) is 0 Å². The topological polar surface area (TPSA) is 174 Å². The molecule has 0 fully saturated rings. The Balaban J connectivity index is 4.99. The number of nitrogens with zero attached hydrogens (tertiary/aromatic N) is 1. The number of hydrogen-bond acceptors (Lipinski definition) is 9. The van der Waals surface area contributed by atoms with E-state index in [4.69, 9.17) is 20.4 Å². The molecule has 0 aliphatic rings. The van der Waals surface area contributed by atoms with Gasteiger partial charge in [0.1, 0.15) is 37.9 Å². The zero-order valence-electron chi connectivity index (χ0n) is 13.9. The third-order valence-electron chi connectivity index (χ3n) is 3.78. The van der Waals surface area contributed by atoms with Gasteiger partial charge < -0.3 is 50.7 Å². The lowest BCUT2D eigenvalue weighted by Crippen LogP contribution is -2.62.